The summed E-state index contributed by atoms with van der Waals surface area (Å²) in [4.78, 5) is 35.7. The van der Waals surface area contributed by atoms with Gasteiger partial charge in [-0.2, -0.15) is 0 Å². The van der Waals surface area contributed by atoms with Crippen molar-refractivity contribution in [3.63, 3.8) is 0 Å². The first-order chi connectivity index (χ1) is 12.8. The van der Waals surface area contributed by atoms with E-state index < -0.39 is 16.9 Å². The highest BCUT2D eigenvalue weighted by molar-refractivity contribution is 6.04. The lowest BCUT2D eigenvalue weighted by atomic mass is 9.94. The molecule has 2 rings (SSSR count). The number of nitrogens with zero attached hydrogens (tertiary/aromatic N) is 2. The number of Topliss-reactive ketones (excluding diaryl/α,β-unsaturated/α-hetero) is 1. The Morgan fingerprint density at radius 3 is 2.30 bits per heavy atom. The molecule has 0 aliphatic carbocycles. The fourth-order valence-corrected chi connectivity index (χ4v) is 2.83. The van der Waals surface area contributed by atoms with E-state index in [0.717, 1.165) is 11.3 Å². The van der Waals surface area contributed by atoms with Gasteiger partial charge in [-0.05, 0) is 30.9 Å². The van der Waals surface area contributed by atoms with Gasteiger partial charge in [0, 0.05) is 23.3 Å². The Labute approximate surface area is 157 Å². The Morgan fingerprint density at radius 1 is 1.19 bits per heavy atom. The van der Waals surface area contributed by atoms with Gasteiger partial charge in [-0.3, -0.25) is 19.7 Å². The van der Waals surface area contributed by atoms with Crippen LogP contribution < -0.4 is 5.32 Å². The quantitative estimate of drug-likeness (QED) is 0.431. The van der Waals surface area contributed by atoms with Gasteiger partial charge in [0.05, 0.1) is 16.7 Å². The maximum Gasteiger partial charge on any atom is 0.290 e. The minimum Gasteiger partial charge on any atom is -0.350 e. The second kappa shape index (κ2) is 8.57. The van der Waals surface area contributed by atoms with Gasteiger partial charge in [0.1, 0.15) is 0 Å². The molecule has 8 heteroatoms. The second-order valence-electron chi connectivity index (χ2n) is 6.51. The van der Waals surface area contributed by atoms with Gasteiger partial charge < -0.3 is 9.84 Å². The number of nitrogens with one attached hydrogen (secondary N) is 1. The van der Waals surface area contributed by atoms with Crippen molar-refractivity contribution in [1.29, 1.82) is 0 Å². The van der Waals surface area contributed by atoms with Crippen LogP contribution in [0, 0.1) is 16.0 Å². The number of nitro groups is 1. The number of amides is 1. The Morgan fingerprint density at radius 2 is 1.81 bits per heavy atom. The van der Waals surface area contributed by atoms with Crippen molar-refractivity contribution in [2.45, 2.75) is 46.6 Å². The lowest BCUT2D eigenvalue weighted by Crippen LogP contribution is -2.44. The SMILES string of the molecule is CCc1noc(C(=O)NC(C(=O)c2ccc([N+](=O)[O-])cc2)C(C)C)c1CC. The number of nitro benzene ring substituents is 1. The number of hydrogen-bond donors (Lipinski definition) is 1. The van der Waals surface area contributed by atoms with E-state index in [1.54, 1.807) is 0 Å². The molecule has 0 saturated heterocycles. The van der Waals surface area contributed by atoms with Crippen molar-refractivity contribution >= 4 is 17.4 Å². The maximum absolute atomic E-state index is 12.8. The number of hydrogen-bond acceptors (Lipinski definition) is 6. The van der Waals surface area contributed by atoms with Crippen molar-refractivity contribution < 1.29 is 19.0 Å². The number of carbonyl (C=O) groups excluding carboxylic acids is 2. The van der Waals surface area contributed by atoms with Crippen LogP contribution in [0.5, 0.6) is 0 Å². The number of ketones is 1. The molecule has 0 aliphatic heterocycles. The van der Waals surface area contributed by atoms with E-state index in [2.05, 4.69) is 10.5 Å². The molecule has 0 radical (unpaired) electrons. The van der Waals surface area contributed by atoms with Gasteiger partial charge in [-0.25, -0.2) is 0 Å². The van der Waals surface area contributed by atoms with E-state index in [-0.39, 0.29) is 23.1 Å². The average molecular weight is 373 g/mol. The van der Waals surface area contributed by atoms with Gasteiger partial charge in [-0.15, -0.1) is 0 Å². The second-order valence-corrected chi connectivity index (χ2v) is 6.51. The van der Waals surface area contributed by atoms with E-state index in [9.17, 15) is 19.7 Å². The largest absolute Gasteiger partial charge is 0.350 e. The molecule has 0 saturated carbocycles. The van der Waals surface area contributed by atoms with Crippen LogP contribution in [0.15, 0.2) is 28.8 Å². The molecule has 8 nitrogen and oxygen atoms in total. The minimum atomic E-state index is -0.793. The number of carbonyl (C=O) groups is 2. The van der Waals surface area contributed by atoms with Crippen LogP contribution in [0.25, 0.3) is 0 Å². The van der Waals surface area contributed by atoms with Crippen LogP contribution in [-0.4, -0.2) is 27.8 Å². The molecule has 1 heterocycles. The zero-order valence-electron chi connectivity index (χ0n) is 15.8. The van der Waals surface area contributed by atoms with Gasteiger partial charge in [0.2, 0.25) is 5.76 Å². The van der Waals surface area contributed by atoms with E-state index >= 15 is 0 Å². The molecule has 1 aromatic carbocycles. The predicted octanol–water partition coefficient (Wildman–Crippen LogP) is 3.34. The molecule has 0 spiro atoms. The van der Waals surface area contributed by atoms with Crippen molar-refractivity contribution in [3.05, 3.63) is 57.0 Å². The standard InChI is InChI=1S/C19H23N3O5/c1-5-14-15(6-2)21-27-18(14)19(24)20-16(11(3)4)17(23)12-7-9-13(10-8-12)22(25)26/h7-11,16H,5-6H2,1-4H3,(H,20,24). The van der Waals surface area contributed by atoms with Crippen molar-refractivity contribution in [3.8, 4) is 0 Å². The molecule has 1 amide bonds. The predicted molar refractivity (Wildman–Crippen MR) is 98.8 cm³/mol. The Balaban J connectivity index is 2.24. The molecule has 1 unspecified atom stereocenters. The van der Waals surface area contributed by atoms with Crippen molar-refractivity contribution in [2.75, 3.05) is 0 Å². The van der Waals surface area contributed by atoms with Crippen LogP contribution in [0.4, 0.5) is 5.69 Å². The first-order valence-corrected chi connectivity index (χ1v) is 8.87. The molecule has 0 aliphatic rings. The minimum absolute atomic E-state index is 0.0991. The van der Waals surface area contributed by atoms with Gasteiger partial charge in [0.15, 0.2) is 5.78 Å². The number of aryl methyl sites for hydroxylation is 1. The third kappa shape index (κ3) is 4.39. The van der Waals surface area contributed by atoms with Gasteiger partial charge >= 0.3 is 0 Å². The Kier molecular flexibility index (Phi) is 6.44. The van der Waals surface area contributed by atoms with Crippen molar-refractivity contribution in [1.82, 2.24) is 10.5 Å². The molecular weight excluding hydrogens is 350 g/mol. The van der Waals surface area contributed by atoms with Crippen molar-refractivity contribution in [2.24, 2.45) is 5.92 Å². The fourth-order valence-electron chi connectivity index (χ4n) is 2.83. The highest BCUT2D eigenvalue weighted by Gasteiger charge is 2.29. The molecule has 27 heavy (non-hydrogen) atoms. The zero-order valence-corrected chi connectivity index (χ0v) is 15.8. The Bertz CT molecular complexity index is 840. The van der Waals surface area contributed by atoms with Gasteiger partial charge in [-0.1, -0.05) is 32.9 Å². The summed E-state index contributed by atoms with van der Waals surface area (Å²) in [5, 5.41) is 17.4. The number of benzene rings is 1. The normalized spacial score (nSPS) is 12.0. The molecule has 1 atom stereocenters. The highest BCUT2D eigenvalue weighted by Crippen LogP contribution is 2.19. The van der Waals surface area contributed by atoms with Crippen LogP contribution in [0.2, 0.25) is 0 Å². The summed E-state index contributed by atoms with van der Waals surface area (Å²) in [6.07, 6.45) is 1.24. The molecule has 1 aromatic heterocycles. The summed E-state index contributed by atoms with van der Waals surface area (Å²) in [7, 11) is 0. The first-order valence-electron chi connectivity index (χ1n) is 8.87. The molecule has 144 valence electrons. The molecule has 2 aromatic rings. The van der Waals surface area contributed by atoms with Crippen LogP contribution in [0.3, 0.4) is 0 Å². The lowest BCUT2D eigenvalue weighted by Gasteiger charge is -2.20. The third-order valence-corrected chi connectivity index (χ3v) is 4.36. The molecule has 1 N–H and O–H groups in total. The third-order valence-electron chi connectivity index (χ3n) is 4.36. The lowest BCUT2D eigenvalue weighted by molar-refractivity contribution is -0.384. The van der Waals surface area contributed by atoms with E-state index in [1.165, 1.54) is 24.3 Å². The summed E-state index contributed by atoms with van der Waals surface area (Å²) in [6, 6.07) is 4.53. The zero-order chi connectivity index (χ0) is 20.1. The van der Waals surface area contributed by atoms with Crippen LogP contribution >= 0.6 is 0 Å². The number of rotatable bonds is 8. The summed E-state index contributed by atoms with van der Waals surface area (Å²) >= 11 is 0. The molecule has 0 bridgehead atoms. The maximum atomic E-state index is 12.8. The summed E-state index contributed by atoms with van der Waals surface area (Å²) in [5.74, 6) is -0.874. The van der Waals surface area contributed by atoms with Crippen LogP contribution in [-0.2, 0) is 12.8 Å². The number of aromatic nitrogens is 1. The van der Waals surface area contributed by atoms with E-state index in [4.69, 9.17) is 4.52 Å². The average Bonchev–Trinajstić information content (AvgIpc) is 3.08. The summed E-state index contributed by atoms with van der Waals surface area (Å²) in [5.41, 5.74) is 1.66. The first kappa shape index (κ1) is 20.3. The number of non-ortho nitro benzene ring substituents is 1. The monoisotopic (exact) mass is 373 g/mol. The fraction of sp³-hybridized carbons (Fsp3) is 0.421. The van der Waals surface area contributed by atoms with E-state index in [0.29, 0.717) is 18.4 Å². The van der Waals surface area contributed by atoms with Gasteiger partial charge in [0.25, 0.3) is 11.6 Å². The summed E-state index contributed by atoms with van der Waals surface area (Å²) in [6.45, 7) is 7.46. The van der Waals surface area contributed by atoms with E-state index in [1.807, 2.05) is 27.7 Å². The Hall–Kier alpha value is -3.03. The smallest absolute Gasteiger partial charge is 0.290 e. The van der Waals surface area contributed by atoms with Crippen LogP contribution in [0.1, 0.15) is 59.9 Å². The summed E-state index contributed by atoms with van der Waals surface area (Å²) < 4.78 is 5.20. The topological polar surface area (TPSA) is 115 Å². The molecular formula is C19H23N3O5. The molecule has 0 fully saturated rings. The highest BCUT2D eigenvalue weighted by atomic mass is 16.6.